The molecule has 23 heavy (non-hydrogen) atoms. The van der Waals surface area contributed by atoms with Gasteiger partial charge in [0, 0.05) is 23.8 Å². The van der Waals surface area contributed by atoms with Crippen LogP contribution in [0.1, 0.15) is 16.6 Å². The molecule has 0 fully saturated rings. The molecule has 118 valence electrons. The lowest BCUT2D eigenvalue weighted by Gasteiger charge is -2.10. The van der Waals surface area contributed by atoms with Crippen LogP contribution in [0.2, 0.25) is 0 Å². The number of hydrogen-bond donors (Lipinski definition) is 1. The number of thioether (sulfide) groups is 1. The fourth-order valence-electron chi connectivity index (χ4n) is 2.29. The van der Waals surface area contributed by atoms with Gasteiger partial charge in [0.2, 0.25) is 0 Å². The van der Waals surface area contributed by atoms with Crippen molar-refractivity contribution in [2.24, 2.45) is 0 Å². The fraction of sp³-hybridized carbons (Fsp3) is 0.231. The molecule has 0 bridgehead atoms. The summed E-state index contributed by atoms with van der Waals surface area (Å²) in [5, 5.41) is 17.5. The Kier molecular flexibility index (Phi) is 3.63. The summed E-state index contributed by atoms with van der Waals surface area (Å²) in [7, 11) is 1.49. The molecule has 1 atom stereocenters. The number of nitrogens with zero attached hydrogens (tertiary/aromatic N) is 5. The van der Waals surface area contributed by atoms with E-state index in [4.69, 9.17) is 4.74 Å². The molecule has 0 aromatic carbocycles. The van der Waals surface area contributed by atoms with Crippen LogP contribution in [-0.2, 0) is 11.5 Å². The van der Waals surface area contributed by atoms with Crippen LogP contribution in [0.5, 0.6) is 0 Å². The van der Waals surface area contributed by atoms with Gasteiger partial charge in [-0.15, -0.1) is 16.9 Å². The summed E-state index contributed by atoms with van der Waals surface area (Å²) in [6.45, 7) is 0.0512. The van der Waals surface area contributed by atoms with Gasteiger partial charge in [0.05, 0.1) is 0 Å². The van der Waals surface area contributed by atoms with Gasteiger partial charge in [-0.25, -0.2) is 14.2 Å². The molecule has 1 unspecified atom stereocenters. The lowest BCUT2D eigenvalue weighted by molar-refractivity contribution is 0.111. The Morgan fingerprint density at radius 1 is 1.48 bits per heavy atom. The van der Waals surface area contributed by atoms with Gasteiger partial charge in [-0.2, -0.15) is 16.0 Å². The Hall–Kier alpha value is -2.17. The number of methoxy groups -OCH3 is 1. The number of rotatable bonds is 4. The zero-order valence-electron chi connectivity index (χ0n) is 12.0. The van der Waals surface area contributed by atoms with E-state index in [1.165, 1.54) is 17.8 Å². The first-order chi connectivity index (χ1) is 11.3. The molecule has 4 heterocycles. The Balaban J connectivity index is 1.66. The van der Waals surface area contributed by atoms with Gasteiger partial charge in [0.25, 0.3) is 0 Å². The molecule has 3 aromatic heterocycles. The van der Waals surface area contributed by atoms with E-state index in [-0.39, 0.29) is 17.8 Å². The van der Waals surface area contributed by atoms with E-state index >= 15 is 0 Å². The molecule has 3 aromatic rings. The topological polar surface area (TPSA) is 86.3 Å². The molecule has 0 radical (unpaired) electrons. The lowest BCUT2D eigenvalue weighted by Crippen LogP contribution is -2.30. The summed E-state index contributed by atoms with van der Waals surface area (Å²) in [5.74, 6) is 0. The van der Waals surface area contributed by atoms with Crippen LogP contribution in [0.25, 0.3) is 11.3 Å². The van der Waals surface area contributed by atoms with E-state index < -0.39 is 0 Å². The van der Waals surface area contributed by atoms with E-state index in [2.05, 4.69) is 37.5 Å². The second kappa shape index (κ2) is 5.80. The number of ether oxygens (including phenoxy) is 1. The second-order valence-corrected chi connectivity index (χ2v) is 6.58. The van der Waals surface area contributed by atoms with Gasteiger partial charge < -0.3 is 10.1 Å². The summed E-state index contributed by atoms with van der Waals surface area (Å²) in [5.41, 5.74) is 2.99. The minimum atomic E-state index is -0.329. The molecule has 10 heteroatoms. The van der Waals surface area contributed by atoms with Crippen molar-refractivity contribution in [3.8, 4) is 0 Å². The Morgan fingerprint density at radius 2 is 2.39 bits per heavy atom. The van der Waals surface area contributed by atoms with Crippen LogP contribution in [0.4, 0.5) is 0 Å². The average molecular weight is 348 g/mol. The summed E-state index contributed by atoms with van der Waals surface area (Å²) < 4.78 is 7.45. The van der Waals surface area contributed by atoms with Crippen LogP contribution in [0, 0.1) is 0 Å². The third kappa shape index (κ3) is 2.44. The van der Waals surface area contributed by atoms with Crippen LogP contribution < -0.4 is 11.0 Å². The molecule has 0 saturated heterocycles. The summed E-state index contributed by atoms with van der Waals surface area (Å²) in [6.07, 6.45) is 1.47. The number of aromatic nitrogens is 5. The first kappa shape index (κ1) is 14.4. The van der Waals surface area contributed by atoms with Crippen molar-refractivity contribution in [1.82, 2.24) is 29.7 Å². The molecule has 1 aliphatic rings. The largest absolute Gasteiger partial charge is 0.367 e. The van der Waals surface area contributed by atoms with E-state index in [9.17, 15) is 4.79 Å². The van der Waals surface area contributed by atoms with Gasteiger partial charge in [-0.3, -0.25) is 0 Å². The smallest absolute Gasteiger partial charge is 0.355 e. The first-order valence-electron chi connectivity index (χ1n) is 6.72. The van der Waals surface area contributed by atoms with E-state index in [0.717, 1.165) is 15.9 Å². The highest BCUT2D eigenvalue weighted by atomic mass is 32.2. The van der Waals surface area contributed by atoms with Crippen molar-refractivity contribution in [3.63, 3.8) is 0 Å². The normalized spacial score (nSPS) is 17.4. The van der Waals surface area contributed by atoms with E-state index in [0.29, 0.717) is 11.3 Å². The van der Waals surface area contributed by atoms with Gasteiger partial charge in [-0.05, 0) is 16.9 Å². The second-order valence-electron chi connectivity index (χ2n) is 4.82. The highest BCUT2D eigenvalue weighted by Crippen LogP contribution is 2.38. The number of fused-ring (bicyclic) bond motifs is 1. The minimum absolute atomic E-state index is 0.0512. The van der Waals surface area contributed by atoms with Crippen molar-refractivity contribution in [3.05, 3.63) is 50.3 Å². The van der Waals surface area contributed by atoms with Gasteiger partial charge in [-0.1, -0.05) is 5.21 Å². The monoisotopic (exact) mass is 348 g/mol. The van der Waals surface area contributed by atoms with Crippen LogP contribution in [0.15, 0.2) is 33.4 Å². The molecule has 0 amide bonds. The highest BCUT2D eigenvalue weighted by Gasteiger charge is 2.25. The highest BCUT2D eigenvalue weighted by molar-refractivity contribution is 8.02. The molecular weight excluding hydrogens is 336 g/mol. The van der Waals surface area contributed by atoms with Crippen LogP contribution in [0.3, 0.4) is 0 Å². The van der Waals surface area contributed by atoms with Crippen molar-refractivity contribution >= 4 is 34.4 Å². The van der Waals surface area contributed by atoms with Crippen LogP contribution in [-0.4, -0.2) is 31.5 Å². The SMILES string of the molecule is COCn1nnc2c(C3NC(c4ccsc4)=CS3)ncn2c1=O. The zero-order chi connectivity index (χ0) is 15.8. The van der Waals surface area contributed by atoms with Crippen molar-refractivity contribution in [2.75, 3.05) is 7.11 Å². The van der Waals surface area contributed by atoms with Gasteiger partial charge >= 0.3 is 5.69 Å². The van der Waals surface area contributed by atoms with Crippen molar-refractivity contribution < 1.29 is 4.74 Å². The fourth-order valence-corrected chi connectivity index (χ4v) is 3.91. The predicted molar refractivity (Wildman–Crippen MR) is 87.8 cm³/mol. The Morgan fingerprint density at radius 3 is 3.17 bits per heavy atom. The maximum absolute atomic E-state index is 12.3. The van der Waals surface area contributed by atoms with Crippen LogP contribution >= 0.6 is 23.1 Å². The zero-order valence-corrected chi connectivity index (χ0v) is 13.7. The molecule has 0 aliphatic carbocycles. The van der Waals surface area contributed by atoms with Gasteiger partial charge in [0.15, 0.2) is 5.65 Å². The van der Waals surface area contributed by atoms with Crippen molar-refractivity contribution in [2.45, 2.75) is 12.1 Å². The summed E-state index contributed by atoms with van der Waals surface area (Å²) in [6, 6.07) is 2.06. The first-order valence-corrected chi connectivity index (χ1v) is 8.61. The summed E-state index contributed by atoms with van der Waals surface area (Å²) in [4.78, 5) is 16.6. The molecule has 0 spiro atoms. The molecule has 8 nitrogen and oxygen atoms in total. The van der Waals surface area contributed by atoms with Crippen molar-refractivity contribution in [1.29, 1.82) is 0 Å². The Bertz CT molecular complexity index is 930. The number of hydrogen-bond acceptors (Lipinski definition) is 8. The minimum Gasteiger partial charge on any atom is -0.367 e. The number of thiophene rings is 1. The molecular formula is C13H12N6O2S2. The maximum atomic E-state index is 12.3. The van der Waals surface area contributed by atoms with E-state index in [1.807, 2.05) is 5.38 Å². The molecule has 1 aliphatic heterocycles. The third-order valence-corrected chi connectivity index (χ3v) is 5.05. The number of nitrogens with one attached hydrogen (secondary N) is 1. The quantitative estimate of drug-likeness (QED) is 0.760. The molecule has 4 rings (SSSR count). The average Bonchev–Trinajstić information content (AvgIpc) is 3.29. The predicted octanol–water partition coefficient (Wildman–Crippen LogP) is 1.28. The molecule has 0 saturated carbocycles. The maximum Gasteiger partial charge on any atom is 0.355 e. The van der Waals surface area contributed by atoms with Gasteiger partial charge in [0.1, 0.15) is 24.1 Å². The van der Waals surface area contributed by atoms with E-state index in [1.54, 1.807) is 23.1 Å². The Labute approximate surface area is 138 Å². The molecule has 1 N–H and O–H groups in total. The number of imidazole rings is 1. The third-order valence-electron chi connectivity index (χ3n) is 3.38. The lowest BCUT2D eigenvalue weighted by atomic mass is 10.2. The summed E-state index contributed by atoms with van der Waals surface area (Å²) >= 11 is 3.24. The standard InChI is InChI=1S/C13H12N6O2S2/c1-21-7-19-13(20)18-6-14-10(11(18)16-17-19)12-15-9(5-23-12)8-2-3-22-4-8/h2-6,12,15H,7H2,1H3.